The van der Waals surface area contributed by atoms with E-state index in [1.807, 2.05) is 17.2 Å². The minimum atomic E-state index is -0.359. The second-order valence-electron chi connectivity index (χ2n) is 6.56. The molecule has 0 bridgehead atoms. The van der Waals surface area contributed by atoms with Crippen molar-refractivity contribution in [3.8, 4) is 0 Å². The minimum absolute atomic E-state index is 0. The molecule has 1 aromatic rings. The third kappa shape index (κ3) is 4.40. The van der Waals surface area contributed by atoms with Crippen molar-refractivity contribution < 1.29 is 4.79 Å². The molecule has 5 heteroatoms. The molecule has 2 unspecified atom stereocenters. The monoisotopic (exact) mass is 342 g/mol. The highest BCUT2D eigenvalue weighted by Crippen LogP contribution is 2.42. The Labute approximate surface area is 144 Å². The molecule has 1 aromatic carbocycles. The zero-order valence-corrected chi connectivity index (χ0v) is 15.3. The first-order chi connectivity index (χ1) is 9.95. The first-order valence-corrected chi connectivity index (χ1v) is 8.93. The molecule has 0 aromatic heterocycles. The highest BCUT2D eigenvalue weighted by Gasteiger charge is 2.42. The van der Waals surface area contributed by atoms with E-state index in [2.05, 4.69) is 38.1 Å². The third-order valence-electron chi connectivity index (χ3n) is 4.41. The van der Waals surface area contributed by atoms with Gasteiger partial charge in [0.25, 0.3) is 0 Å². The Balaban J connectivity index is 0.00000242. The van der Waals surface area contributed by atoms with Crippen molar-refractivity contribution in [3.05, 3.63) is 35.9 Å². The van der Waals surface area contributed by atoms with Gasteiger partial charge in [-0.15, -0.1) is 12.4 Å². The second-order valence-corrected chi connectivity index (χ2v) is 7.54. The van der Waals surface area contributed by atoms with Crippen LogP contribution >= 0.6 is 24.2 Å². The van der Waals surface area contributed by atoms with E-state index in [0.717, 1.165) is 25.3 Å². The van der Waals surface area contributed by atoms with Crippen LogP contribution in [-0.2, 0) is 4.79 Å². The molecule has 0 saturated carbocycles. The number of hydrogen-bond acceptors (Lipinski definition) is 3. The summed E-state index contributed by atoms with van der Waals surface area (Å²) in [5, 5.41) is 0. The van der Waals surface area contributed by atoms with Gasteiger partial charge in [-0.05, 0) is 29.4 Å². The fraction of sp³-hybridized carbons (Fsp3) is 0.588. The molecule has 1 fully saturated rings. The van der Waals surface area contributed by atoms with Gasteiger partial charge in [-0.2, -0.15) is 11.8 Å². The quantitative estimate of drug-likeness (QED) is 0.894. The van der Waals surface area contributed by atoms with Crippen LogP contribution in [0.15, 0.2) is 30.3 Å². The van der Waals surface area contributed by atoms with E-state index in [1.165, 1.54) is 5.56 Å². The third-order valence-corrected chi connectivity index (χ3v) is 5.05. The lowest BCUT2D eigenvalue weighted by Gasteiger charge is -2.25. The summed E-state index contributed by atoms with van der Waals surface area (Å²) in [6.07, 6.45) is 2.80. The van der Waals surface area contributed by atoms with Crippen LogP contribution in [0.1, 0.15) is 31.7 Å². The van der Waals surface area contributed by atoms with Crippen molar-refractivity contribution in [2.24, 2.45) is 11.1 Å². The van der Waals surface area contributed by atoms with Crippen LogP contribution in [-0.4, -0.2) is 41.9 Å². The average Bonchev–Trinajstić information content (AvgIpc) is 2.80. The van der Waals surface area contributed by atoms with Gasteiger partial charge in [0, 0.05) is 19.0 Å². The van der Waals surface area contributed by atoms with Crippen molar-refractivity contribution in [3.63, 3.8) is 0 Å². The summed E-state index contributed by atoms with van der Waals surface area (Å²) in [7, 11) is 0. The van der Waals surface area contributed by atoms with E-state index < -0.39 is 0 Å². The predicted octanol–water partition coefficient (Wildman–Crippen LogP) is 3.14. The summed E-state index contributed by atoms with van der Waals surface area (Å²) in [4.78, 5) is 14.5. The maximum absolute atomic E-state index is 12.5. The van der Waals surface area contributed by atoms with Gasteiger partial charge in [0.2, 0.25) is 5.91 Å². The van der Waals surface area contributed by atoms with Crippen molar-refractivity contribution >= 4 is 30.1 Å². The molecule has 2 atom stereocenters. The number of amides is 1. The molecule has 0 aliphatic carbocycles. The number of nitrogens with two attached hydrogens (primary N) is 1. The highest BCUT2D eigenvalue weighted by atomic mass is 35.5. The number of thioether (sulfide) groups is 1. The van der Waals surface area contributed by atoms with Gasteiger partial charge in [0.15, 0.2) is 0 Å². The van der Waals surface area contributed by atoms with E-state index in [0.29, 0.717) is 5.92 Å². The normalized spacial score (nSPS) is 21.3. The average molecular weight is 343 g/mol. The van der Waals surface area contributed by atoms with Crippen molar-refractivity contribution in [1.29, 1.82) is 0 Å². The molecule has 22 heavy (non-hydrogen) atoms. The summed E-state index contributed by atoms with van der Waals surface area (Å²) in [5.41, 5.74) is 7.46. The molecule has 2 rings (SSSR count). The van der Waals surface area contributed by atoms with Crippen LogP contribution in [0.3, 0.4) is 0 Å². The molecule has 2 N–H and O–H groups in total. The zero-order chi connectivity index (χ0) is 15.5. The van der Waals surface area contributed by atoms with Gasteiger partial charge >= 0.3 is 0 Å². The number of carbonyl (C=O) groups is 1. The fourth-order valence-corrected chi connectivity index (χ4v) is 3.64. The van der Waals surface area contributed by atoms with E-state index in [9.17, 15) is 4.79 Å². The van der Waals surface area contributed by atoms with Gasteiger partial charge in [-0.3, -0.25) is 4.79 Å². The van der Waals surface area contributed by atoms with E-state index in [4.69, 9.17) is 5.73 Å². The highest BCUT2D eigenvalue weighted by molar-refractivity contribution is 7.98. The summed E-state index contributed by atoms with van der Waals surface area (Å²) in [5.74, 6) is 1.43. The summed E-state index contributed by atoms with van der Waals surface area (Å²) in [6, 6.07) is 10.1. The number of carbonyl (C=O) groups excluding carboxylic acids is 1. The Bertz CT molecular complexity index is 481. The molecule has 1 aliphatic heterocycles. The molecule has 1 aliphatic rings. The fourth-order valence-electron chi connectivity index (χ4n) is 3.15. The lowest BCUT2D eigenvalue weighted by Crippen LogP contribution is -2.43. The maximum Gasteiger partial charge on any atom is 0.239 e. The van der Waals surface area contributed by atoms with E-state index >= 15 is 0 Å². The van der Waals surface area contributed by atoms with E-state index in [1.54, 1.807) is 11.8 Å². The van der Waals surface area contributed by atoms with Crippen molar-refractivity contribution in [2.75, 3.05) is 25.1 Å². The van der Waals surface area contributed by atoms with Gasteiger partial charge in [-0.1, -0.05) is 44.2 Å². The number of likely N-dealkylation sites (tertiary alicyclic amines) is 1. The van der Waals surface area contributed by atoms with Crippen LogP contribution in [0.4, 0.5) is 0 Å². The molecule has 1 saturated heterocycles. The first kappa shape index (κ1) is 19.3. The predicted molar refractivity (Wildman–Crippen MR) is 97.8 cm³/mol. The second kappa shape index (κ2) is 8.23. The Kier molecular flexibility index (Phi) is 7.23. The molecule has 1 amide bonds. The van der Waals surface area contributed by atoms with Crippen LogP contribution in [0.2, 0.25) is 0 Å². The zero-order valence-electron chi connectivity index (χ0n) is 13.6. The molecule has 1 heterocycles. The molecule has 3 nitrogen and oxygen atoms in total. The molecule has 0 radical (unpaired) electrons. The SMILES string of the molecule is CSCCC(N)C(=O)N1CC(c2ccccc2)C(C)(C)C1.Cl. The van der Waals surface area contributed by atoms with Gasteiger partial charge < -0.3 is 10.6 Å². The first-order valence-electron chi connectivity index (χ1n) is 7.54. The number of halogens is 1. The Morgan fingerprint density at radius 1 is 1.41 bits per heavy atom. The Morgan fingerprint density at radius 2 is 2.05 bits per heavy atom. The van der Waals surface area contributed by atoms with E-state index in [-0.39, 0.29) is 29.8 Å². The number of benzene rings is 1. The smallest absolute Gasteiger partial charge is 0.239 e. The van der Waals surface area contributed by atoms with Crippen LogP contribution in [0.25, 0.3) is 0 Å². The Morgan fingerprint density at radius 3 is 2.64 bits per heavy atom. The summed E-state index contributed by atoms with van der Waals surface area (Å²) < 4.78 is 0. The number of hydrogen-bond donors (Lipinski definition) is 1. The number of nitrogens with zero attached hydrogens (tertiary/aromatic N) is 1. The van der Waals surface area contributed by atoms with Crippen LogP contribution in [0.5, 0.6) is 0 Å². The largest absolute Gasteiger partial charge is 0.340 e. The molecule has 0 spiro atoms. The molecule has 124 valence electrons. The topological polar surface area (TPSA) is 46.3 Å². The summed E-state index contributed by atoms with van der Waals surface area (Å²) >= 11 is 1.74. The molecular weight excluding hydrogens is 316 g/mol. The summed E-state index contributed by atoms with van der Waals surface area (Å²) in [6.45, 7) is 6.05. The molecular formula is C17H27ClN2OS. The van der Waals surface area contributed by atoms with Gasteiger partial charge in [0.1, 0.15) is 0 Å². The Hall–Kier alpha value is -0.710. The minimum Gasteiger partial charge on any atom is -0.340 e. The van der Waals surface area contributed by atoms with Gasteiger partial charge in [0.05, 0.1) is 6.04 Å². The van der Waals surface area contributed by atoms with Crippen LogP contribution < -0.4 is 5.73 Å². The lowest BCUT2D eigenvalue weighted by atomic mass is 9.78. The van der Waals surface area contributed by atoms with Crippen molar-refractivity contribution in [1.82, 2.24) is 4.90 Å². The van der Waals surface area contributed by atoms with Crippen LogP contribution in [0, 0.1) is 5.41 Å². The maximum atomic E-state index is 12.5. The standard InChI is InChI=1S/C17H26N2OS.ClH/c1-17(2)12-19(16(20)15(18)9-10-21-3)11-14(17)13-7-5-4-6-8-13;/h4-8,14-15H,9-12,18H2,1-3H3;1H. The van der Waals surface area contributed by atoms with Crippen molar-refractivity contribution in [2.45, 2.75) is 32.2 Å². The number of rotatable bonds is 5. The van der Waals surface area contributed by atoms with Gasteiger partial charge in [-0.25, -0.2) is 0 Å². The lowest BCUT2D eigenvalue weighted by molar-refractivity contribution is -0.131.